The van der Waals surface area contributed by atoms with Gasteiger partial charge >= 0.3 is 0 Å². The minimum Gasteiger partial charge on any atom is -0.457 e. The van der Waals surface area contributed by atoms with Crippen LogP contribution in [0, 0.1) is 0 Å². The van der Waals surface area contributed by atoms with Crippen molar-refractivity contribution < 1.29 is 9.47 Å². The molecule has 0 saturated carbocycles. The first-order valence-electron chi connectivity index (χ1n) is 27.8. The Labute approximate surface area is 476 Å². The van der Waals surface area contributed by atoms with E-state index in [9.17, 15) is 0 Å². The fraction of sp³-hybridized carbons (Fsp3) is 0.0833. The third-order valence-corrected chi connectivity index (χ3v) is 20.2. The second kappa shape index (κ2) is 17.0. The van der Waals surface area contributed by atoms with E-state index in [1.807, 2.05) is 84.2 Å². The molecule has 0 atom stereocenters. The standard InChI is InChI=1S/C72H50B2N2O2S2/c1-71(2)53-37-47(77-45-25-13-7-14-26-45)33-35-49(53)51-39-63-67-69(65(51)71)75(43-21-9-5-10-22-43)59-31-19-17-29-55(59)73(67)57-41-58-62(42-61(57)79-63)80-64-40-52-50-36-34-48(78-46-27-15-8-16-28-46)38-54(50)72(3,4)66(52)70-68(64)74(58)56-30-18-20-32-60(56)76(70)44-23-11-6-12-24-44/h5-42H,1-4H3. The second-order valence-electron chi connectivity index (χ2n) is 23.1. The van der Waals surface area contributed by atoms with Gasteiger partial charge in [0.25, 0.3) is 0 Å². The first-order valence-corrected chi connectivity index (χ1v) is 29.4. The Morgan fingerprint density at radius 3 is 1.15 bits per heavy atom. The normalized spacial score (nSPS) is 15.2. The fourth-order valence-electron chi connectivity index (χ4n) is 14.6. The van der Waals surface area contributed by atoms with Crippen molar-refractivity contribution in [3.63, 3.8) is 0 Å². The molecule has 0 radical (unpaired) electrons. The smallest absolute Gasteiger partial charge is 0.249 e. The molecule has 0 fully saturated rings. The predicted octanol–water partition coefficient (Wildman–Crippen LogP) is 15.4. The molecule has 0 aromatic heterocycles. The van der Waals surface area contributed by atoms with Gasteiger partial charge in [0.2, 0.25) is 13.4 Å². The van der Waals surface area contributed by atoms with Gasteiger partial charge < -0.3 is 19.3 Å². The van der Waals surface area contributed by atoms with Gasteiger partial charge in [-0.3, -0.25) is 0 Å². The van der Waals surface area contributed by atoms with Crippen molar-refractivity contribution in [1.29, 1.82) is 0 Å². The molecule has 11 aromatic rings. The van der Waals surface area contributed by atoms with E-state index in [1.165, 1.54) is 120 Å². The maximum Gasteiger partial charge on any atom is 0.249 e. The average Bonchev–Trinajstić information content (AvgIpc) is 4.04. The Morgan fingerprint density at radius 2 is 0.725 bits per heavy atom. The summed E-state index contributed by atoms with van der Waals surface area (Å²) in [7, 11) is 0. The number of hydrogen-bond donors (Lipinski definition) is 0. The molecular weight excluding hydrogens is 1010 g/mol. The van der Waals surface area contributed by atoms with Crippen molar-refractivity contribution in [3.8, 4) is 45.3 Å². The van der Waals surface area contributed by atoms with Gasteiger partial charge in [-0.25, -0.2) is 0 Å². The molecule has 2 aliphatic carbocycles. The van der Waals surface area contributed by atoms with Crippen molar-refractivity contribution in [2.75, 3.05) is 9.80 Å². The number of fused-ring (bicyclic) bond motifs is 16. The number of anilines is 6. The largest absolute Gasteiger partial charge is 0.457 e. The number of hydrogen-bond acceptors (Lipinski definition) is 6. The van der Waals surface area contributed by atoms with Gasteiger partial charge in [-0.05, 0) is 169 Å². The van der Waals surface area contributed by atoms with E-state index in [1.54, 1.807) is 0 Å². The lowest BCUT2D eigenvalue weighted by molar-refractivity contribution is 0.480. The van der Waals surface area contributed by atoms with Gasteiger partial charge in [0.15, 0.2) is 0 Å². The highest BCUT2D eigenvalue weighted by molar-refractivity contribution is 8.01. The molecule has 0 amide bonds. The van der Waals surface area contributed by atoms with Crippen LogP contribution < -0.4 is 52.1 Å². The first kappa shape index (κ1) is 46.4. The van der Waals surface area contributed by atoms with Crippen LogP contribution in [-0.2, 0) is 10.8 Å². The van der Waals surface area contributed by atoms with Crippen LogP contribution in [0.3, 0.4) is 0 Å². The Hall–Kier alpha value is -8.55. The molecule has 80 heavy (non-hydrogen) atoms. The Balaban J connectivity index is 0.886. The van der Waals surface area contributed by atoms with Gasteiger partial charge in [-0.15, -0.1) is 0 Å². The molecule has 4 nitrogen and oxygen atoms in total. The van der Waals surface area contributed by atoms with Crippen LogP contribution in [0.5, 0.6) is 23.0 Å². The molecule has 8 heteroatoms. The Bertz CT molecular complexity index is 4170. The molecule has 0 saturated heterocycles. The maximum absolute atomic E-state index is 6.56. The minimum atomic E-state index is -0.354. The van der Waals surface area contributed by atoms with Crippen molar-refractivity contribution in [1.82, 2.24) is 0 Å². The SMILES string of the molecule is CC1(C)c2cc(Oc3ccccc3)ccc2-c2cc3c4c(c21)N(c1ccccc1)c1ccccc1B4c1cc2c(cc1S3)Sc1cc3c(c4c1B2c1ccccc1N4c1ccccc1)C(C)(C)c1cc(Oc2ccccc2)ccc1-3. The van der Waals surface area contributed by atoms with Crippen LogP contribution in [0.4, 0.5) is 34.1 Å². The first-order chi connectivity index (χ1) is 39.2. The summed E-state index contributed by atoms with van der Waals surface area (Å²) in [6, 6.07) is 84.7. The van der Waals surface area contributed by atoms with Crippen LogP contribution in [0.25, 0.3) is 22.3 Å². The van der Waals surface area contributed by atoms with Crippen LogP contribution in [0.2, 0.25) is 0 Å². The zero-order valence-corrected chi connectivity index (χ0v) is 46.3. The number of nitrogens with zero attached hydrogens (tertiary/aromatic N) is 2. The summed E-state index contributed by atoms with van der Waals surface area (Å²) < 4.78 is 13.1. The Morgan fingerprint density at radius 1 is 0.338 bits per heavy atom. The quantitative estimate of drug-likeness (QED) is 0.154. The van der Waals surface area contributed by atoms with E-state index in [-0.39, 0.29) is 24.3 Å². The van der Waals surface area contributed by atoms with E-state index in [4.69, 9.17) is 9.47 Å². The fourth-order valence-corrected chi connectivity index (χ4v) is 17.1. The van der Waals surface area contributed by atoms with Crippen molar-refractivity contribution in [2.45, 2.75) is 58.1 Å². The van der Waals surface area contributed by atoms with E-state index in [0.29, 0.717) is 0 Å². The van der Waals surface area contributed by atoms with Crippen LogP contribution in [0.1, 0.15) is 49.9 Å². The molecule has 11 aromatic carbocycles. The molecule has 0 N–H and O–H groups in total. The topological polar surface area (TPSA) is 24.9 Å². The summed E-state index contributed by atoms with van der Waals surface area (Å²) >= 11 is 3.92. The lowest BCUT2D eigenvalue weighted by atomic mass is 9.31. The predicted molar refractivity (Wildman–Crippen MR) is 334 cm³/mol. The molecule has 378 valence electrons. The Kier molecular flexibility index (Phi) is 9.84. The van der Waals surface area contributed by atoms with Crippen LogP contribution in [0.15, 0.2) is 250 Å². The van der Waals surface area contributed by atoms with Gasteiger partial charge in [-0.2, -0.15) is 0 Å². The lowest BCUT2D eigenvalue weighted by Gasteiger charge is -2.44. The molecule has 0 spiro atoms. The molecule has 0 unspecified atom stereocenters. The van der Waals surface area contributed by atoms with Gasteiger partial charge in [-0.1, -0.05) is 190 Å². The van der Waals surface area contributed by atoms with Crippen LogP contribution >= 0.6 is 23.5 Å². The summed E-state index contributed by atoms with van der Waals surface area (Å²) in [6.07, 6.45) is 0. The third kappa shape index (κ3) is 6.52. The molecule has 0 bridgehead atoms. The van der Waals surface area contributed by atoms with Gasteiger partial charge in [0.05, 0.1) is 0 Å². The van der Waals surface area contributed by atoms with E-state index >= 15 is 0 Å². The highest BCUT2D eigenvalue weighted by atomic mass is 32.2. The summed E-state index contributed by atoms with van der Waals surface area (Å²) in [4.78, 5) is 10.5. The number of ether oxygens (including phenoxy) is 2. The monoisotopic (exact) mass is 1060 g/mol. The summed E-state index contributed by atoms with van der Waals surface area (Å²) in [5, 5.41) is 0. The molecular formula is C72H50B2N2O2S2. The second-order valence-corrected chi connectivity index (χ2v) is 25.2. The van der Waals surface area contributed by atoms with Crippen molar-refractivity contribution >= 4 is 104 Å². The zero-order chi connectivity index (χ0) is 53.2. The number of benzene rings is 11. The van der Waals surface area contributed by atoms with E-state index in [0.717, 1.165) is 34.4 Å². The number of para-hydroxylation sites is 6. The average molecular weight is 1060 g/mol. The summed E-state index contributed by atoms with van der Waals surface area (Å²) in [5.41, 5.74) is 25.3. The summed E-state index contributed by atoms with van der Waals surface area (Å²) in [5.74, 6) is 3.37. The molecule has 6 aliphatic rings. The zero-order valence-electron chi connectivity index (χ0n) is 44.6. The highest BCUT2D eigenvalue weighted by Gasteiger charge is 2.51. The summed E-state index contributed by atoms with van der Waals surface area (Å²) in [6.45, 7) is 9.67. The number of rotatable bonds is 6. The molecule has 17 rings (SSSR count). The van der Waals surface area contributed by atoms with Crippen LogP contribution in [-0.4, -0.2) is 13.4 Å². The lowest BCUT2D eigenvalue weighted by Crippen LogP contribution is -2.64. The third-order valence-electron chi connectivity index (χ3n) is 18.0. The van der Waals surface area contributed by atoms with Crippen molar-refractivity contribution in [2.24, 2.45) is 0 Å². The van der Waals surface area contributed by atoms with Gasteiger partial charge in [0, 0.05) is 64.5 Å². The van der Waals surface area contributed by atoms with Gasteiger partial charge in [0.1, 0.15) is 23.0 Å². The molecule has 4 aliphatic heterocycles. The maximum atomic E-state index is 6.56. The minimum absolute atomic E-state index is 0.00854. The highest BCUT2D eigenvalue weighted by Crippen LogP contribution is 2.60. The van der Waals surface area contributed by atoms with E-state index < -0.39 is 0 Å². The molecule has 4 heterocycles. The van der Waals surface area contributed by atoms with Crippen molar-refractivity contribution in [3.05, 3.63) is 253 Å². The van der Waals surface area contributed by atoms with E-state index in [2.05, 4.69) is 207 Å².